The Bertz CT molecular complexity index is 3900. The molecular formula is C70H56N2. The second-order valence-electron chi connectivity index (χ2n) is 22.1. The van der Waals surface area contributed by atoms with Crippen molar-refractivity contribution in [1.82, 2.24) is 0 Å². The molecule has 0 atom stereocenters. The highest BCUT2D eigenvalue weighted by atomic mass is 15.2. The zero-order valence-corrected chi connectivity index (χ0v) is 41.6. The maximum atomic E-state index is 2.59. The van der Waals surface area contributed by atoms with Gasteiger partial charge in [0.25, 0.3) is 0 Å². The first kappa shape index (κ1) is 41.8. The Morgan fingerprint density at radius 1 is 0.403 bits per heavy atom. The summed E-state index contributed by atoms with van der Waals surface area (Å²) < 4.78 is 0. The molecule has 2 heteroatoms. The highest BCUT2D eigenvalue weighted by molar-refractivity contribution is 6.22. The third-order valence-corrected chi connectivity index (χ3v) is 17.6. The summed E-state index contributed by atoms with van der Waals surface area (Å²) in [6.45, 7) is 9.77. The molecular weight excluding hydrogens is 869 g/mol. The molecule has 2 nitrogen and oxygen atoms in total. The fourth-order valence-electron chi connectivity index (χ4n) is 14.4. The third-order valence-electron chi connectivity index (χ3n) is 17.6. The van der Waals surface area contributed by atoms with Crippen molar-refractivity contribution in [3.63, 3.8) is 0 Å². The standard InChI is InChI=1S/C70H56N2/c1-69(2)57-27-11-9-23-51(57)67-53(25-17-29-59(67)69)65-49-37-35-48(72-63-33-15-7-21-45(63)40-46-22-8-16-34-64(46)72)42-56(49)66(54-26-18-30-60-68(54)52-24-10-12-28-58(52)70(60,3)4)50-38-36-47(41-55(50)65)71-61-31-13-5-19-43(61)39-44-20-6-14-32-62(44)71/h5-9,11-17,19-23,25,27-38,41-42H,10,18,24,26,39-40H2,1-4H3. The summed E-state index contributed by atoms with van der Waals surface area (Å²) in [5, 5.41) is 5.24. The highest BCUT2D eigenvalue weighted by Crippen LogP contribution is 2.60. The van der Waals surface area contributed by atoms with Gasteiger partial charge >= 0.3 is 0 Å². The van der Waals surface area contributed by atoms with Crippen LogP contribution in [0.4, 0.5) is 34.1 Å². The molecule has 0 amide bonds. The summed E-state index contributed by atoms with van der Waals surface area (Å²) in [6, 6.07) is 67.5. The molecule has 0 aromatic heterocycles. The smallest absolute Gasteiger partial charge is 0.0497 e. The average Bonchev–Trinajstić information content (AvgIpc) is 3.80. The number of fused-ring (bicyclic) bond motifs is 11. The lowest BCUT2D eigenvalue weighted by Gasteiger charge is -2.35. The Balaban J connectivity index is 1.11. The lowest BCUT2D eigenvalue weighted by Crippen LogP contribution is -2.18. The lowest BCUT2D eigenvalue weighted by molar-refractivity contribution is 0.571. The summed E-state index contributed by atoms with van der Waals surface area (Å²) in [5.74, 6) is 0. The normalized spacial score (nSPS) is 17.5. The SMILES string of the molecule is CC1(C)C2=CCCC(c3c4cc(N5c6ccccc6Cc6ccccc65)ccc4c(-c4cccc5c4-c4ccccc4C5(C)C)c4cc(N5c6ccccc6Cc6ccccc65)ccc34)=C2C2=C1C=CCC2. The number of rotatable bonds is 4. The molecule has 0 saturated heterocycles. The Morgan fingerprint density at radius 2 is 0.903 bits per heavy atom. The average molecular weight is 925 g/mol. The van der Waals surface area contributed by atoms with Crippen molar-refractivity contribution in [2.75, 3.05) is 9.80 Å². The van der Waals surface area contributed by atoms with E-state index >= 15 is 0 Å². The number of allylic oxidation sites excluding steroid dienone is 8. The van der Waals surface area contributed by atoms with Crippen LogP contribution >= 0.6 is 0 Å². The van der Waals surface area contributed by atoms with Crippen LogP contribution in [0.15, 0.2) is 216 Å². The van der Waals surface area contributed by atoms with E-state index in [4.69, 9.17) is 0 Å². The molecule has 0 spiro atoms. The first-order valence-electron chi connectivity index (χ1n) is 26.3. The molecule has 9 aromatic carbocycles. The molecule has 0 unspecified atom stereocenters. The molecule has 2 heterocycles. The predicted molar refractivity (Wildman–Crippen MR) is 303 cm³/mol. The Morgan fingerprint density at radius 3 is 1.51 bits per heavy atom. The van der Waals surface area contributed by atoms with Gasteiger partial charge < -0.3 is 9.80 Å². The van der Waals surface area contributed by atoms with E-state index in [-0.39, 0.29) is 10.8 Å². The van der Waals surface area contributed by atoms with E-state index < -0.39 is 0 Å². The highest BCUT2D eigenvalue weighted by Gasteiger charge is 2.43. The topological polar surface area (TPSA) is 6.48 Å². The fourth-order valence-corrected chi connectivity index (χ4v) is 14.4. The van der Waals surface area contributed by atoms with E-state index in [1.165, 1.54) is 139 Å². The second kappa shape index (κ2) is 15.3. The van der Waals surface area contributed by atoms with Gasteiger partial charge in [-0.15, -0.1) is 0 Å². The van der Waals surface area contributed by atoms with Crippen molar-refractivity contribution >= 4 is 61.2 Å². The number of benzene rings is 9. The Labute approximate surface area is 423 Å². The van der Waals surface area contributed by atoms with Crippen molar-refractivity contribution in [2.24, 2.45) is 5.41 Å². The van der Waals surface area contributed by atoms with Crippen LogP contribution in [0, 0.1) is 5.41 Å². The molecule has 0 bridgehead atoms. The van der Waals surface area contributed by atoms with Crippen molar-refractivity contribution in [3.8, 4) is 22.3 Å². The zero-order chi connectivity index (χ0) is 48.0. The number of hydrogen-bond acceptors (Lipinski definition) is 2. The molecule has 0 saturated carbocycles. The van der Waals surface area contributed by atoms with Crippen LogP contribution in [-0.2, 0) is 18.3 Å². The van der Waals surface area contributed by atoms with Gasteiger partial charge in [-0.25, -0.2) is 0 Å². The summed E-state index contributed by atoms with van der Waals surface area (Å²) in [4.78, 5) is 5.08. The molecule has 0 fully saturated rings. The van der Waals surface area contributed by atoms with Crippen molar-refractivity contribution in [1.29, 1.82) is 0 Å². The van der Waals surface area contributed by atoms with Gasteiger partial charge in [0.05, 0.1) is 0 Å². The summed E-state index contributed by atoms with van der Waals surface area (Å²) >= 11 is 0. The van der Waals surface area contributed by atoms with Crippen molar-refractivity contribution < 1.29 is 0 Å². The van der Waals surface area contributed by atoms with Crippen LogP contribution in [0.2, 0.25) is 0 Å². The van der Waals surface area contributed by atoms with Gasteiger partial charge in [0.1, 0.15) is 0 Å². The summed E-state index contributed by atoms with van der Waals surface area (Å²) in [6.07, 6.45) is 13.5. The monoisotopic (exact) mass is 924 g/mol. The number of nitrogens with zero attached hydrogens (tertiary/aromatic N) is 2. The van der Waals surface area contributed by atoms with Gasteiger partial charge in [-0.05, 0) is 185 Å². The predicted octanol–water partition coefficient (Wildman–Crippen LogP) is 18.9. The minimum Gasteiger partial charge on any atom is -0.310 e. The van der Waals surface area contributed by atoms with Crippen LogP contribution in [-0.4, -0.2) is 0 Å². The van der Waals surface area contributed by atoms with E-state index in [9.17, 15) is 0 Å². The quantitative estimate of drug-likeness (QED) is 0.162. The van der Waals surface area contributed by atoms with Gasteiger partial charge in [-0.3, -0.25) is 0 Å². The van der Waals surface area contributed by atoms with Crippen molar-refractivity contribution in [2.45, 2.75) is 71.6 Å². The molecule has 15 rings (SSSR count). The van der Waals surface area contributed by atoms with E-state index in [0.29, 0.717) is 0 Å². The van der Waals surface area contributed by atoms with E-state index in [1.807, 2.05) is 0 Å². The molecule has 0 N–H and O–H groups in total. The van der Waals surface area contributed by atoms with Gasteiger partial charge in [0.2, 0.25) is 0 Å². The van der Waals surface area contributed by atoms with Crippen LogP contribution in [0.25, 0.3) is 49.4 Å². The maximum absolute atomic E-state index is 2.59. The van der Waals surface area contributed by atoms with Crippen LogP contribution in [0.5, 0.6) is 0 Å². The van der Waals surface area contributed by atoms with Gasteiger partial charge in [-0.2, -0.15) is 0 Å². The maximum Gasteiger partial charge on any atom is 0.0497 e. The minimum absolute atomic E-state index is 0.0574. The third kappa shape index (κ3) is 5.78. The van der Waals surface area contributed by atoms with E-state index in [1.54, 1.807) is 5.57 Å². The molecule has 72 heavy (non-hydrogen) atoms. The Hall–Kier alpha value is -7.94. The van der Waals surface area contributed by atoms with Gasteiger partial charge in [0.15, 0.2) is 0 Å². The van der Waals surface area contributed by atoms with Gasteiger partial charge in [-0.1, -0.05) is 173 Å². The largest absolute Gasteiger partial charge is 0.310 e. The molecule has 4 aliphatic carbocycles. The fraction of sp³-hybridized carbons (Fsp3) is 0.171. The van der Waals surface area contributed by atoms with Crippen LogP contribution < -0.4 is 9.80 Å². The van der Waals surface area contributed by atoms with Crippen LogP contribution in [0.1, 0.15) is 92.3 Å². The van der Waals surface area contributed by atoms with E-state index in [0.717, 1.165) is 38.5 Å². The molecule has 2 aliphatic heterocycles. The van der Waals surface area contributed by atoms with Gasteiger partial charge in [0, 0.05) is 57.8 Å². The first-order chi connectivity index (χ1) is 35.3. The Kier molecular flexibility index (Phi) is 8.87. The minimum atomic E-state index is -0.144. The lowest BCUT2D eigenvalue weighted by atomic mass is 9.75. The first-order valence-corrected chi connectivity index (χ1v) is 26.3. The summed E-state index contributed by atoms with van der Waals surface area (Å²) in [7, 11) is 0. The van der Waals surface area contributed by atoms with E-state index in [2.05, 4.69) is 232 Å². The zero-order valence-electron chi connectivity index (χ0n) is 41.6. The van der Waals surface area contributed by atoms with Crippen molar-refractivity contribution in [3.05, 3.63) is 255 Å². The number of para-hydroxylation sites is 4. The number of anilines is 6. The molecule has 0 radical (unpaired) electrons. The summed E-state index contributed by atoms with van der Waals surface area (Å²) in [5.41, 5.74) is 29.7. The molecule has 346 valence electrons. The molecule has 9 aromatic rings. The number of hydrogen-bond donors (Lipinski definition) is 0. The second-order valence-corrected chi connectivity index (χ2v) is 22.1. The van der Waals surface area contributed by atoms with Crippen LogP contribution in [0.3, 0.4) is 0 Å². The molecule has 6 aliphatic rings.